The van der Waals surface area contributed by atoms with E-state index < -0.39 is 17.9 Å². The molecule has 2 N–H and O–H groups in total. The van der Waals surface area contributed by atoms with Gasteiger partial charge in [0, 0.05) is 15.6 Å². The average molecular weight is 367 g/mol. The second-order valence-electron chi connectivity index (χ2n) is 5.12. The van der Waals surface area contributed by atoms with Crippen LogP contribution in [0.1, 0.15) is 22.8 Å². The number of amides is 2. The first-order valence-corrected chi connectivity index (χ1v) is 7.91. The fourth-order valence-corrected chi connectivity index (χ4v) is 2.24. The van der Waals surface area contributed by atoms with Gasteiger partial charge in [0.2, 0.25) is 0 Å². The van der Waals surface area contributed by atoms with Gasteiger partial charge in [-0.15, -0.1) is 0 Å². The second-order valence-corrected chi connectivity index (χ2v) is 5.99. The summed E-state index contributed by atoms with van der Waals surface area (Å²) >= 11 is 11.6. The Morgan fingerprint density at radius 2 is 1.62 bits per heavy atom. The van der Waals surface area contributed by atoms with Crippen LogP contribution in [-0.4, -0.2) is 17.9 Å². The third-order valence-electron chi connectivity index (χ3n) is 3.22. The number of benzene rings is 2. The molecular formula is C17H16Cl2N2O3. The van der Waals surface area contributed by atoms with Crippen LogP contribution in [0, 0.1) is 6.92 Å². The van der Waals surface area contributed by atoms with Crippen molar-refractivity contribution in [3.63, 3.8) is 0 Å². The molecule has 2 rings (SSSR count). The highest BCUT2D eigenvalue weighted by atomic mass is 35.5. The number of halogens is 2. The van der Waals surface area contributed by atoms with E-state index in [0.29, 0.717) is 21.4 Å². The fourth-order valence-electron chi connectivity index (χ4n) is 1.88. The molecule has 0 fully saturated rings. The quantitative estimate of drug-likeness (QED) is 0.813. The zero-order valence-corrected chi connectivity index (χ0v) is 14.6. The Kier molecular flexibility index (Phi) is 6.06. The van der Waals surface area contributed by atoms with Gasteiger partial charge in [-0.25, -0.2) is 0 Å². The van der Waals surface area contributed by atoms with Gasteiger partial charge in [-0.05, 0) is 61.9 Å². The molecule has 2 aromatic carbocycles. The number of ether oxygens (including phenoxy) is 1. The lowest BCUT2D eigenvalue weighted by Crippen LogP contribution is -2.47. The van der Waals surface area contributed by atoms with Gasteiger partial charge < -0.3 is 4.74 Å². The van der Waals surface area contributed by atoms with E-state index in [2.05, 4.69) is 10.9 Å². The third-order valence-corrected chi connectivity index (χ3v) is 3.70. The Morgan fingerprint density at radius 3 is 2.25 bits per heavy atom. The van der Waals surface area contributed by atoms with Gasteiger partial charge >= 0.3 is 0 Å². The molecular weight excluding hydrogens is 351 g/mol. The number of carbonyl (C=O) groups is 2. The first-order chi connectivity index (χ1) is 11.4. The van der Waals surface area contributed by atoms with Crippen molar-refractivity contribution in [3.8, 4) is 5.75 Å². The van der Waals surface area contributed by atoms with E-state index in [0.717, 1.165) is 5.56 Å². The number of rotatable bonds is 4. The van der Waals surface area contributed by atoms with E-state index in [-0.39, 0.29) is 0 Å². The molecule has 0 bridgehead atoms. The molecule has 0 aliphatic rings. The minimum atomic E-state index is -0.796. The van der Waals surface area contributed by atoms with E-state index in [9.17, 15) is 9.59 Å². The summed E-state index contributed by atoms with van der Waals surface area (Å²) in [5.74, 6) is -0.382. The normalized spacial score (nSPS) is 11.5. The maximum absolute atomic E-state index is 12.0. The van der Waals surface area contributed by atoms with E-state index in [1.165, 1.54) is 0 Å². The zero-order valence-electron chi connectivity index (χ0n) is 13.1. The number of hydrazine groups is 1. The number of aryl methyl sites for hydroxylation is 1. The second kappa shape index (κ2) is 8.04. The highest BCUT2D eigenvalue weighted by Crippen LogP contribution is 2.22. The Labute approximate surface area is 149 Å². The van der Waals surface area contributed by atoms with Crippen molar-refractivity contribution < 1.29 is 14.3 Å². The molecule has 126 valence electrons. The molecule has 0 spiro atoms. The lowest BCUT2D eigenvalue weighted by Gasteiger charge is -2.16. The molecule has 7 heteroatoms. The molecule has 24 heavy (non-hydrogen) atoms. The summed E-state index contributed by atoms with van der Waals surface area (Å²) in [6, 6.07) is 11.4. The number of carbonyl (C=O) groups excluding carboxylic acids is 2. The summed E-state index contributed by atoms with van der Waals surface area (Å²) in [7, 11) is 0. The van der Waals surface area contributed by atoms with Crippen LogP contribution < -0.4 is 15.6 Å². The van der Waals surface area contributed by atoms with Crippen LogP contribution in [0.2, 0.25) is 10.0 Å². The highest BCUT2D eigenvalue weighted by Gasteiger charge is 2.16. The smallest absolute Gasteiger partial charge is 0.279 e. The standard InChI is InChI=1S/C17H16Cl2N2O3/c1-10-9-14(19)7-8-15(10)24-11(2)16(22)20-21-17(23)12-3-5-13(18)6-4-12/h3-9,11H,1-2H3,(H,20,22)(H,21,23). The molecule has 1 atom stereocenters. The van der Waals surface area contributed by atoms with Gasteiger partial charge in [0.05, 0.1) is 0 Å². The van der Waals surface area contributed by atoms with Crippen molar-refractivity contribution in [1.29, 1.82) is 0 Å². The van der Waals surface area contributed by atoms with Crippen LogP contribution >= 0.6 is 23.2 Å². The summed E-state index contributed by atoms with van der Waals surface area (Å²) in [5.41, 5.74) is 5.84. The first kappa shape index (κ1) is 18.1. The largest absolute Gasteiger partial charge is 0.481 e. The van der Waals surface area contributed by atoms with E-state index in [4.69, 9.17) is 27.9 Å². The minimum Gasteiger partial charge on any atom is -0.481 e. The van der Waals surface area contributed by atoms with Crippen molar-refractivity contribution in [3.05, 3.63) is 63.6 Å². The minimum absolute atomic E-state index is 0.377. The fraction of sp³-hybridized carbons (Fsp3) is 0.176. The number of hydrogen-bond donors (Lipinski definition) is 2. The number of nitrogens with one attached hydrogen (secondary N) is 2. The van der Waals surface area contributed by atoms with E-state index in [1.54, 1.807) is 49.4 Å². The maximum atomic E-state index is 12.0. The Hall–Kier alpha value is -2.24. The monoisotopic (exact) mass is 366 g/mol. The van der Waals surface area contributed by atoms with E-state index >= 15 is 0 Å². The zero-order chi connectivity index (χ0) is 17.7. The Balaban J connectivity index is 1.89. The van der Waals surface area contributed by atoms with Crippen molar-refractivity contribution in [2.24, 2.45) is 0 Å². The molecule has 0 heterocycles. The summed E-state index contributed by atoms with van der Waals surface area (Å²) in [6.45, 7) is 3.41. The maximum Gasteiger partial charge on any atom is 0.279 e. The molecule has 0 aromatic heterocycles. The lowest BCUT2D eigenvalue weighted by molar-refractivity contribution is -0.128. The predicted molar refractivity (Wildman–Crippen MR) is 93.3 cm³/mol. The molecule has 2 amide bonds. The van der Waals surface area contributed by atoms with Crippen molar-refractivity contribution in [1.82, 2.24) is 10.9 Å². The molecule has 1 unspecified atom stereocenters. The third kappa shape index (κ3) is 4.88. The van der Waals surface area contributed by atoms with Crippen molar-refractivity contribution in [2.75, 3.05) is 0 Å². The molecule has 0 aliphatic carbocycles. The van der Waals surface area contributed by atoms with Crippen molar-refractivity contribution >= 4 is 35.0 Å². The summed E-state index contributed by atoms with van der Waals surface area (Å²) in [4.78, 5) is 23.9. The highest BCUT2D eigenvalue weighted by molar-refractivity contribution is 6.31. The van der Waals surface area contributed by atoms with Crippen LogP contribution in [0.5, 0.6) is 5.75 Å². The molecule has 2 aromatic rings. The topological polar surface area (TPSA) is 67.4 Å². The number of hydrogen-bond acceptors (Lipinski definition) is 3. The molecule has 0 aliphatic heterocycles. The Bertz CT molecular complexity index is 748. The van der Waals surface area contributed by atoms with Gasteiger partial charge in [0.15, 0.2) is 6.10 Å². The average Bonchev–Trinajstić information content (AvgIpc) is 2.55. The molecule has 0 saturated heterocycles. The van der Waals surface area contributed by atoms with Crippen LogP contribution in [0.4, 0.5) is 0 Å². The van der Waals surface area contributed by atoms with Gasteiger partial charge in [-0.3, -0.25) is 20.4 Å². The first-order valence-electron chi connectivity index (χ1n) is 7.15. The van der Waals surface area contributed by atoms with Gasteiger partial charge in [0.25, 0.3) is 11.8 Å². The van der Waals surface area contributed by atoms with Crippen LogP contribution in [0.25, 0.3) is 0 Å². The van der Waals surface area contributed by atoms with E-state index in [1.807, 2.05) is 6.92 Å². The van der Waals surface area contributed by atoms with Gasteiger partial charge in [0.1, 0.15) is 5.75 Å². The van der Waals surface area contributed by atoms with Crippen LogP contribution in [-0.2, 0) is 4.79 Å². The predicted octanol–water partition coefficient (Wildman–Crippen LogP) is 3.53. The molecule has 5 nitrogen and oxygen atoms in total. The van der Waals surface area contributed by atoms with Crippen LogP contribution in [0.3, 0.4) is 0 Å². The molecule has 0 radical (unpaired) electrons. The van der Waals surface area contributed by atoms with Gasteiger partial charge in [-0.1, -0.05) is 23.2 Å². The summed E-state index contributed by atoms with van der Waals surface area (Å²) in [6.07, 6.45) is -0.796. The van der Waals surface area contributed by atoms with Crippen LogP contribution in [0.15, 0.2) is 42.5 Å². The lowest BCUT2D eigenvalue weighted by atomic mass is 10.2. The Morgan fingerprint density at radius 1 is 1.00 bits per heavy atom. The summed E-state index contributed by atoms with van der Waals surface area (Å²) < 4.78 is 5.58. The molecule has 0 saturated carbocycles. The SMILES string of the molecule is Cc1cc(Cl)ccc1OC(C)C(=O)NNC(=O)c1ccc(Cl)cc1. The van der Waals surface area contributed by atoms with Crippen molar-refractivity contribution in [2.45, 2.75) is 20.0 Å². The van der Waals surface area contributed by atoms with Gasteiger partial charge in [-0.2, -0.15) is 0 Å². The summed E-state index contributed by atoms with van der Waals surface area (Å²) in [5, 5.41) is 1.11.